The van der Waals surface area contributed by atoms with Gasteiger partial charge in [0.1, 0.15) is 6.26 Å². The molecular formula is C6H11ClN2O. The van der Waals surface area contributed by atoms with Crippen LogP contribution in [-0.4, -0.2) is 4.98 Å². The molecule has 0 radical (unpaired) electrons. The monoisotopic (exact) mass is 162 g/mol. The number of rotatable bonds is 2. The summed E-state index contributed by atoms with van der Waals surface area (Å²) >= 11 is 0. The molecular weight excluding hydrogens is 152 g/mol. The van der Waals surface area contributed by atoms with E-state index in [-0.39, 0.29) is 18.4 Å². The van der Waals surface area contributed by atoms with Gasteiger partial charge in [-0.2, -0.15) is 0 Å². The molecule has 10 heavy (non-hydrogen) atoms. The fourth-order valence-electron chi connectivity index (χ4n) is 0.614. The average Bonchev–Trinajstić information content (AvgIpc) is 2.37. The Hall–Kier alpha value is -0.540. The number of hydrogen-bond donors (Lipinski definition) is 1. The third-order valence-electron chi connectivity index (χ3n) is 1.27. The highest BCUT2D eigenvalue weighted by Gasteiger charge is 2.03. The maximum absolute atomic E-state index is 5.62. The van der Waals surface area contributed by atoms with Gasteiger partial charge < -0.3 is 10.2 Å². The molecule has 0 unspecified atom stereocenters. The van der Waals surface area contributed by atoms with E-state index in [4.69, 9.17) is 10.2 Å². The number of halogens is 1. The number of nitrogens with two attached hydrogens (primary N) is 1. The summed E-state index contributed by atoms with van der Waals surface area (Å²) in [4.78, 5) is 3.90. The van der Waals surface area contributed by atoms with Crippen molar-refractivity contribution in [3.8, 4) is 0 Å². The Balaban J connectivity index is 0.000000810. The Bertz CT molecular complexity index is 164. The first-order valence-electron chi connectivity index (χ1n) is 2.98. The second-order valence-electron chi connectivity index (χ2n) is 1.93. The lowest BCUT2D eigenvalue weighted by molar-refractivity contribution is 0.553. The van der Waals surface area contributed by atoms with E-state index in [1.165, 1.54) is 6.39 Å². The third kappa shape index (κ3) is 2.01. The van der Waals surface area contributed by atoms with E-state index in [1.54, 1.807) is 6.26 Å². The first-order chi connectivity index (χ1) is 4.34. The molecule has 4 heteroatoms. The predicted molar refractivity (Wildman–Crippen MR) is 41.0 cm³/mol. The Morgan fingerprint density at radius 3 is 2.90 bits per heavy atom. The first-order valence-corrected chi connectivity index (χ1v) is 2.98. The van der Waals surface area contributed by atoms with Crippen LogP contribution in [0.5, 0.6) is 0 Å². The van der Waals surface area contributed by atoms with Gasteiger partial charge >= 0.3 is 0 Å². The summed E-state index contributed by atoms with van der Waals surface area (Å²) in [6.45, 7) is 2.01. The standard InChI is InChI=1S/C6H10N2O.ClH/c1-2-5(7)6-3-9-4-8-6;/h3-5H,2,7H2,1H3;1H/t5-;/m1./s1. The summed E-state index contributed by atoms with van der Waals surface area (Å²) < 4.78 is 4.75. The van der Waals surface area contributed by atoms with Gasteiger partial charge in [0, 0.05) is 6.04 Å². The van der Waals surface area contributed by atoms with Crippen LogP contribution in [0.25, 0.3) is 0 Å². The van der Waals surface area contributed by atoms with Crippen LogP contribution in [0.1, 0.15) is 25.1 Å². The molecule has 58 valence electrons. The number of hydrogen-bond acceptors (Lipinski definition) is 3. The van der Waals surface area contributed by atoms with Crippen molar-refractivity contribution in [1.29, 1.82) is 0 Å². The molecule has 0 fully saturated rings. The molecule has 0 aliphatic carbocycles. The molecule has 1 atom stereocenters. The molecule has 3 nitrogen and oxygen atoms in total. The van der Waals surface area contributed by atoms with Gasteiger partial charge in [-0.1, -0.05) is 6.92 Å². The first kappa shape index (κ1) is 9.46. The summed E-state index contributed by atoms with van der Waals surface area (Å²) in [6, 6.07) is 0.0312. The summed E-state index contributed by atoms with van der Waals surface area (Å²) in [5.74, 6) is 0. The Morgan fingerprint density at radius 2 is 2.50 bits per heavy atom. The van der Waals surface area contributed by atoms with Crippen molar-refractivity contribution in [3.05, 3.63) is 18.4 Å². The molecule has 0 aliphatic rings. The highest BCUT2D eigenvalue weighted by molar-refractivity contribution is 5.85. The zero-order valence-corrected chi connectivity index (χ0v) is 6.60. The molecule has 2 N–H and O–H groups in total. The van der Waals surface area contributed by atoms with Gasteiger partial charge in [0.05, 0.1) is 5.69 Å². The van der Waals surface area contributed by atoms with E-state index < -0.39 is 0 Å². The lowest BCUT2D eigenvalue weighted by Crippen LogP contribution is -2.08. The minimum Gasteiger partial charge on any atom is -0.451 e. The molecule has 1 heterocycles. The minimum atomic E-state index is 0. The van der Waals surface area contributed by atoms with E-state index >= 15 is 0 Å². The van der Waals surface area contributed by atoms with Crippen LogP contribution in [0.4, 0.5) is 0 Å². The molecule has 1 aromatic heterocycles. The maximum Gasteiger partial charge on any atom is 0.180 e. The second kappa shape index (κ2) is 4.30. The number of nitrogens with zero attached hydrogens (tertiary/aromatic N) is 1. The molecule has 1 rings (SSSR count). The van der Waals surface area contributed by atoms with Crippen LogP contribution >= 0.6 is 12.4 Å². The van der Waals surface area contributed by atoms with Gasteiger partial charge in [-0.05, 0) is 6.42 Å². The van der Waals surface area contributed by atoms with Crippen molar-refractivity contribution in [3.63, 3.8) is 0 Å². The third-order valence-corrected chi connectivity index (χ3v) is 1.27. The number of aromatic nitrogens is 1. The quantitative estimate of drug-likeness (QED) is 0.717. The smallest absolute Gasteiger partial charge is 0.180 e. The molecule has 0 saturated carbocycles. The molecule has 0 saturated heterocycles. The molecule has 0 bridgehead atoms. The van der Waals surface area contributed by atoms with Crippen molar-refractivity contribution < 1.29 is 4.42 Å². The summed E-state index contributed by atoms with van der Waals surface area (Å²) in [6.07, 6.45) is 3.87. The largest absolute Gasteiger partial charge is 0.451 e. The molecule has 0 aromatic carbocycles. The Kier molecular flexibility index (Phi) is 4.07. The van der Waals surface area contributed by atoms with E-state index in [0.717, 1.165) is 12.1 Å². The molecule has 0 aliphatic heterocycles. The van der Waals surface area contributed by atoms with Crippen molar-refractivity contribution in [1.82, 2.24) is 4.98 Å². The normalized spacial score (nSPS) is 12.2. The van der Waals surface area contributed by atoms with Crippen molar-refractivity contribution in [2.45, 2.75) is 19.4 Å². The van der Waals surface area contributed by atoms with E-state index in [0.29, 0.717) is 0 Å². The van der Waals surface area contributed by atoms with Crippen molar-refractivity contribution >= 4 is 12.4 Å². The van der Waals surface area contributed by atoms with Gasteiger partial charge in [0.15, 0.2) is 6.39 Å². The van der Waals surface area contributed by atoms with Gasteiger partial charge in [-0.3, -0.25) is 0 Å². The lowest BCUT2D eigenvalue weighted by atomic mass is 10.2. The lowest BCUT2D eigenvalue weighted by Gasteiger charge is -2.00. The molecule has 0 amide bonds. The topological polar surface area (TPSA) is 52.0 Å². The summed E-state index contributed by atoms with van der Waals surface area (Å²) in [5, 5.41) is 0. The molecule has 0 spiro atoms. The highest BCUT2D eigenvalue weighted by Crippen LogP contribution is 2.08. The Labute approximate surface area is 66.0 Å². The fraction of sp³-hybridized carbons (Fsp3) is 0.500. The van der Waals surface area contributed by atoms with Crippen LogP contribution in [0.3, 0.4) is 0 Å². The van der Waals surface area contributed by atoms with Crippen LogP contribution in [0.15, 0.2) is 17.1 Å². The van der Waals surface area contributed by atoms with Crippen LogP contribution in [-0.2, 0) is 0 Å². The van der Waals surface area contributed by atoms with Crippen molar-refractivity contribution in [2.24, 2.45) is 5.73 Å². The predicted octanol–water partition coefficient (Wildman–Crippen LogP) is 1.51. The highest BCUT2D eigenvalue weighted by atomic mass is 35.5. The van der Waals surface area contributed by atoms with Crippen LogP contribution in [0, 0.1) is 0 Å². The molecule has 1 aromatic rings. The SMILES string of the molecule is CC[C@@H](N)c1cocn1.Cl. The van der Waals surface area contributed by atoms with Gasteiger partial charge in [-0.25, -0.2) is 4.98 Å². The van der Waals surface area contributed by atoms with E-state index in [2.05, 4.69) is 4.98 Å². The summed E-state index contributed by atoms with van der Waals surface area (Å²) in [5.41, 5.74) is 6.45. The van der Waals surface area contributed by atoms with Crippen molar-refractivity contribution in [2.75, 3.05) is 0 Å². The fourth-order valence-corrected chi connectivity index (χ4v) is 0.614. The van der Waals surface area contributed by atoms with Gasteiger partial charge in [-0.15, -0.1) is 12.4 Å². The van der Waals surface area contributed by atoms with E-state index in [9.17, 15) is 0 Å². The Morgan fingerprint density at radius 1 is 1.80 bits per heavy atom. The zero-order chi connectivity index (χ0) is 6.69. The second-order valence-corrected chi connectivity index (χ2v) is 1.93. The van der Waals surface area contributed by atoms with Crippen LogP contribution in [0.2, 0.25) is 0 Å². The minimum absolute atomic E-state index is 0. The number of oxazole rings is 1. The van der Waals surface area contributed by atoms with Crippen LogP contribution < -0.4 is 5.73 Å². The zero-order valence-electron chi connectivity index (χ0n) is 5.78. The maximum atomic E-state index is 5.62. The van der Waals surface area contributed by atoms with E-state index in [1.807, 2.05) is 6.92 Å². The average molecular weight is 163 g/mol. The van der Waals surface area contributed by atoms with Gasteiger partial charge in [0.2, 0.25) is 0 Å². The summed E-state index contributed by atoms with van der Waals surface area (Å²) in [7, 11) is 0. The van der Waals surface area contributed by atoms with Gasteiger partial charge in [0.25, 0.3) is 0 Å².